The molecule has 0 spiro atoms. The van der Waals surface area contributed by atoms with E-state index < -0.39 is 17.6 Å². The molecule has 37 heavy (non-hydrogen) atoms. The number of carbonyl (C=O) groups excluding carboxylic acids is 2. The number of nitrogens with two attached hydrogens (primary N) is 1. The normalized spacial score (nSPS) is 11.7. The first-order chi connectivity index (χ1) is 17.7. The summed E-state index contributed by atoms with van der Waals surface area (Å²) in [5.41, 5.74) is 2.30. The van der Waals surface area contributed by atoms with Gasteiger partial charge in [-0.15, -0.1) is 11.3 Å². The van der Waals surface area contributed by atoms with Gasteiger partial charge in [0.1, 0.15) is 22.6 Å². The number of rotatable bonds is 9. The molecule has 4 aromatic rings. The molecule has 0 aliphatic rings. The lowest BCUT2D eigenvalue weighted by atomic mass is 10.1. The Balaban J connectivity index is 1.65. The number of benzene rings is 2. The molecule has 0 unspecified atom stereocenters. The van der Waals surface area contributed by atoms with Gasteiger partial charge in [0.05, 0.1) is 12.3 Å². The fourth-order valence-electron chi connectivity index (χ4n) is 3.53. The van der Waals surface area contributed by atoms with Crippen molar-refractivity contribution in [2.75, 3.05) is 13.7 Å². The van der Waals surface area contributed by atoms with Crippen LogP contribution in [0.5, 0.6) is 17.2 Å². The first kappa shape index (κ1) is 26.0. The highest BCUT2D eigenvalue weighted by Gasteiger charge is 2.19. The van der Waals surface area contributed by atoms with Crippen molar-refractivity contribution in [1.29, 1.82) is 0 Å². The Labute approximate surface area is 216 Å². The van der Waals surface area contributed by atoms with Crippen LogP contribution in [-0.4, -0.2) is 46.6 Å². The summed E-state index contributed by atoms with van der Waals surface area (Å²) in [5.74, 6) is 3.83. The molecule has 2 aromatic heterocycles. The number of hydrogen-bond donors (Lipinski definition) is 2. The number of aromatic nitrogens is 2. The molecule has 0 saturated carbocycles. The van der Waals surface area contributed by atoms with E-state index in [9.17, 15) is 14.0 Å². The third-order valence-electron chi connectivity index (χ3n) is 5.24. The Hall–Kier alpha value is -4.06. The third-order valence-corrected chi connectivity index (χ3v) is 6.05. The molecule has 0 saturated heterocycles. The molecule has 9 nitrogen and oxygen atoms in total. The molecule has 0 radical (unpaired) electrons. The minimum absolute atomic E-state index is 0.0881. The minimum Gasteiger partial charge on any atom is -0.488 e. The van der Waals surface area contributed by atoms with Crippen LogP contribution in [0.2, 0.25) is 0 Å². The van der Waals surface area contributed by atoms with E-state index in [0.717, 1.165) is 34.9 Å². The first-order valence-electron chi connectivity index (χ1n) is 11.2. The molecule has 0 aliphatic carbocycles. The zero-order valence-electron chi connectivity index (χ0n) is 20.4. The average Bonchev–Trinajstić information content (AvgIpc) is 3.56. The molecule has 2 amide bonds. The number of halogens is 1. The van der Waals surface area contributed by atoms with E-state index in [1.165, 1.54) is 23.5 Å². The standard InChI is InChI=1S/C26H25FN4O5S/c1-15(14-34-3)35-19-10-18(22-5-6-23(30-22)25-29-8-9-37-25)11-20(13-19)36-24-7-4-17(12-21(24)27)26(33)31(28)16(2)32/h4-13,15,30H,14,28H2,1-3H3/t15-/m0/s1. The highest BCUT2D eigenvalue weighted by molar-refractivity contribution is 7.13. The highest BCUT2D eigenvalue weighted by atomic mass is 32.1. The number of methoxy groups -OCH3 is 1. The number of thiazole rings is 1. The molecule has 192 valence electrons. The average molecular weight is 525 g/mol. The van der Waals surface area contributed by atoms with Gasteiger partial charge in [0.2, 0.25) is 5.91 Å². The number of H-pyrrole nitrogens is 1. The summed E-state index contributed by atoms with van der Waals surface area (Å²) in [5, 5.41) is 3.16. The van der Waals surface area contributed by atoms with Gasteiger partial charge < -0.3 is 19.2 Å². The molecule has 0 bridgehead atoms. The monoisotopic (exact) mass is 524 g/mol. The summed E-state index contributed by atoms with van der Waals surface area (Å²) in [7, 11) is 1.58. The molecule has 1 atom stereocenters. The van der Waals surface area contributed by atoms with Crippen LogP contribution in [0.1, 0.15) is 24.2 Å². The van der Waals surface area contributed by atoms with Gasteiger partial charge in [-0.2, -0.15) is 0 Å². The molecular formula is C26H25FN4O5S. The van der Waals surface area contributed by atoms with Crippen LogP contribution in [0.15, 0.2) is 60.1 Å². The van der Waals surface area contributed by atoms with Crippen LogP contribution in [0.25, 0.3) is 22.0 Å². The second-order valence-electron chi connectivity index (χ2n) is 8.14. The Kier molecular flexibility index (Phi) is 7.97. The smallest absolute Gasteiger partial charge is 0.274 e. The molecule has 0 aliphatic heterocycles. The predicted octanol–water partition coefficient (Wildman–Crippen LogP) is 5.01. The molecule has 3 N–H and O–H groups in total. The van der Waals surface area contributed by atoms with Gasteiger partial charge in [0.15, 0.2) is 11.6 Å². The number of carbonyl (C=O) groups is 2. The van der Waals surface area contributed by atoms with Gasteiger partial charge in [-0.1, -0.05) is 0 Å². The van der Waals surface area contributed by atoms with Crippen molar-refractivity contribution in [2.45, 2.75) is 20.0 Å². The summed E-state index contributed by atoms with van der Waals surface area (Å²) in [4.78, 5) is 31.2. The number of nitrogens with zero attached hydrogens (tertiary/aromatic N) is 2. The van der Waals surface area contributed by atoms with Crippen molar-refractivity contribution in [3.05, 3.63) is 71.5 Å². The SMILES string of the molecule is COC[C@H](C)Oc1cc(Oc2ccc(C(=O)N(N)C(C)=O)cc2F)cc(-c2ccc(-c3nccs3)[nH]2)c1. The van der Waals surface area contributed by atoms with E-state index in [2.05, 4.69) is 9.97 Å². The van der Waals surface area contributed by atoms with E-state index in [1.54, 1.807) is 25.4 Å². The second-order valence-corrected chi connectivity index (χ2v) is 9.04. The summed E-state index contributed by atoms with van der Waals surface area (Å²) in [6, 6.07) is 12.6. The van der Waals surface area contributed by atoms with Gasteiger partial charge >= 0.3 is 0 Å². The van der Waals surface area contributed by atoms with Crippen molar-refractivity contribution < 1.29 is 28.2 Å². The summed E-state index contributed by atoms with van der Waals surface area (Å²) in [6.45, 7) is 3.37. The van der Waals surface area contributed by atoms with Crippen LogP contribution in [0.4, 0.5) is 4.39 Å². The molecular weight excluding hydrogens is 499 g/mol. The largest absolute Gasteiger partial charge is 0.488 e. The van der Waals surface area contributed by atoms with Gasteiger partial charge in [0, 0.05) is 48.5 Å². The van der Waals surface area contributed by atoms with Gasteiger partial charge in [-0.25, -0.2) is 20.2 Å². The number of hydrogen-bond acceptors (Lipinski definition) is 8. The molecule has 11 heteroatoms. The van der Waals surface area contributed by atoms with Crippen molar-refractivity contribution in [1.82, 2.24) is 15.0 Å². The maximum absolute atomic E-state index is 14.9. The van der Waals surface area contributed by atoms with E-state index in [4.69, 9.17) is 20.1 Å². The number of ether oxygens (including phenoxy) is 3. The zero-order chi connectivity index (χ0) is 26.5. The van der Waals surface area contributed by atoms with Crippen molar-refractivity contribution in [3.63, 3.8) is 0 Å². The number of hydrazine groups is 1. The fraction of sp³-hybridized carbons (Fsp3) is 0.192. The number of nitrogens with one attached hydrogen (secondary N) is 1. The number of amides is 2. The Morgan fingerprint density at radius 2 is 1.89 bits per heavy atom. The number of imide groups is 1. The lowest BCUT2D eigenvalue weighted by Crippen LogP contribution is -2.41. The zero-order valence-corrected chi connectivity index (χ0v) is 21.2. The third kappa shape index (κ3) is 6.20. The fourth-order valence-corrected chi connectivity index (χ4v) is 4.14. The lowest BCUT2D eigenvalue weighted by molar-refractivity contribution is -0.126. The van der Waals surface area contributed by atoms with E-state index in [0.29, 0.717) is 23.1 Å². The van der Waals surface area contributed by atoms with Crippen LogP contribution >= 0.6 is 11.3 Å². The molecule has 2 aromatic carbocycles. The predicted molar refractivity (Wildman–Crippen MR) is 137 cm³/mol. The molecule has 4 rings (SSSR count). The van der Waals surface area contributed by atoms with E-state index >= 15 is 0 Å². The second kappa shape index (κ2) is 11.3. The van der Waals surface area contributed by atoms with Crippen molar-refractivity contribution >= 4 is 23.2 Å². The quantitative estimate of drug-likeness (QED) is 0.179. The minimum atomic E-state index is -0.828. The van der Waals surface area contributed by atoms with Crippen molar-refractivity contribution in [3.8, 4) is 39.2 Å². The van der Waals surface area contributed by atoms with Crippen LogP contribution < -0.4 is 15.3 Å². The van der Waals surface area contributed by atoms with Crippen LogP contribution in [0.3, 0.4) is 0 Å². The summed E-state index contributed by atoms with van der Waals surface area (Å²) in [6.07, 6.45) is 1.49. The van der Waals surface area contributed by atoms with Gasteiger partial charge in [-0.3, -0.25) is 9.59 Å². The van der Waals surface area contributed by atoms with Gasteiger partial charge in [-0.05, 0) is 49.4 Å². The summed E-state index contributed by atoms with van der Waals surface area (Å²) < 4.78 is 31.9. The van der Waals surface area contributed by atoms with Crippen molar-refractivity contribution in [2.24, 2.45) is 5.84 Å². The Morgan fingerprint density at radius 1 is 1.14 bits per heavy atom. The van der Waals surface area contributed by atoms with Crippen LogP contribution in [0, 0.1) is 5.82 Å². The van der Waals surface area contributed by atoms with E-state index in [-0.39, 0.29) is 17.4 Å². The highest BCUT2D eigenvalue weighted by Crippen LogP contribution is 2.35. The number of aromatic amines is 1. The van der Waals surface area contributed by atoms with Crippen LogP contribution in [-0.2, 0) is 9.53 Å². The maximum Gasteiger partial charge on any atom is 0.274 e. The van der Waals surface area contributed by atoms with E-state index in [1.807, 2.05) is 30.5 Å². The summed E-state index contributed by atoms with van der Waals surface area (Å²) >= 11 is 1.51. The molecule has 2 heterocycles. The first-order valence-corrected chi connectivity index (χ1v) is 12.1. The Morgan fingerprint density at radius 3 is 2.57 bits per heavy atom. The lowest BCUT2D eigenvalue weighted by Gasteiger charge is -2.17. The maximum atomic E-state index is 14.9. The topological polar surface area (TPSA) is 120 Å². The molecule has 0 fully saturated rings. The Bertz CT molecular complexity index is 1410. The van der Waals surface area contributed by atoms with Gasteiger partial charge in [0.25, 0.3) is 5.91 Å².